The summed E-state index contributed by atoms with van der Waals surface area (Å²) < 4.78 is 5.99. The van der Waals surface area contributed by atoms with Gasteiger partial charge in [0.05, 0.1) is 40.6 Å². The Bertz CT molecular complexity index is 2570. The highest BCUT2D eigenvalue weighted by molar-refractivity contribution is 5.99. The van der Waals surface area contributed by atoms with Crippen LogP contribution in [0.15, 0.2) is 66.7 Å². The van der Waals surface area contributed by atoms with Crippen LogP contribution in [0.2, 0.25) is 0 Å². The number of H-pyrrole nitrogens is 2. The molecule has 2 aromatic carbocycles. The van der Waals surface area contributed by atoms with E-state index in [0.29, 0.717) is 80.0 Å². The van der Waals surface area contributed by atoms with Crippen molar-refractivity contribution in [3.8, 4) is 28.0 Å². The average molecular weight is 729 g/mol. The van der Waals surface area contributed by atoms with Crippen LogP contribution in [0.5, 0.6) is 5.75 Å². The summed E-state index contributed by atoms with van der Waals surface area (Å²) in [5, 5.41) is 39.3. The number of carboxylic acid groups (broad SMARTS) is 4. The van der Waals surface area contributed by atoms with Crippen LogP contribution in [0.1, 0.15) is 91.9 Å². The maximum atomic E-state index is 12.1. The lowest BCUT2D eigenvalue weighted by molar-refractivity contribution is 0.0676. The normalized spacial score (nSPS) is 14.4. The van der Waals surface area contributed by atoms with Gasteiger partial charge in [-0.15, -0.1) is 0 Å². The lowest BCUT2D eigenvalue weighted by atomic mass is 9.86. The molecule has 8 bridgehead atoms. The first-order valence-electron chi connectivity index (χ1n) is 17.0. The second-order valence-electron chi connectivity index (χ2n) is 14.9. The highest BCUT2D eigenvalue weighted by Crippen LogP contribution is 2.40. The number of nitrogens with one attached hydrogen (secondary N) is 2. The van der Waals surface area contributed by atoms with E-state index in [1.165, 1.54) is 31.4 Å². The van der Waals surface area contributed by atoms with E-state index in [2.05, 4.69) is 9.97 Å². The standard InChI is InChI=1S/C41H36N4O9/c1-40(2)17-26-12-25-13-27(19-6-21(36(46)47)10-22(7-19)37(48)49)29(42-25)15-34-41(3,4)18-32(45-34)35(54-5)31-14-28(30(44-31)16-33(40)43-26)20-8-23(38(50)51)11-24(9-20)39(52)53/h6-16,42,44H,17-18H2,1-5H3,(H,46,47)(H,48,49)(H,50,51)(H,52,53). The summed E-state index contributed by atoms with van der Waals surface area (Å²) in [5.74, 6) is -4.61. The van der Waals surface area contributed by atoms with Crippen LogP contribution < -0.4 is 4.74 Å². The van der Waals surface area contributed by atoms with Gasteiger partial charge in [-0.1, -0.05) is 27.7 Å². The predicted molar refractivity (Wildman–Crippen MR) is 200 cm³/mol. The highest BCUT2D eigenvalue weighted by Gasteiger charge is 2.32. The molecule has 0 radical (unpaired) electrons. The minimum atomic E-state index is -1.26. The van der Waals surface area contributed by atoms with Crippen molar-refractivity contribution in [1.82, 2.24) is 19.9 Å². The first kappa shape index (κ1) is 35.6. The van der Waals surface area contributed by atoms with Gasteiger partial charge in [0.15, 0.2) is 5.75 Å². The summed E-state index contributed by atoms with van der Waals surface area (Å²) >= 11 is 0. The molecule has 0 spiro atoms. The fraction of sp³-hybridized carbons (Fsp3) is 0.220. The van der Waals surface area contributed by atoms with Crippen molar-refractivity contribution >= 4 is 45.9 Å². The molecule has 274 valence electrons. The minimum Gasteiger partial charge on any atom is -0.493 e. The Hall–Kier alpha value is -6.76. The zero-order chi connectivity index (χ0) is 38.9. The van der Waals surface area contributed by atoms with Crippen molar-refractivity contribution in [2.45, 2.75) is 51.4 Å². The maximum absolute atomic E-state index is 12.1. The Labute approximate surface area is 308 Å². The molecule has 5 aromatic rings. The van der Waals surface area contributed by atoms with Crippen LogP contribution in [0, 0.1) is 0 Å². The van der Waals surface area contributed by atoms with Crippen molar-refractivity contribution in [3.05, 3.63) is 112 Å². The fourth-order valence-corrected chi connectivity index (χ4v) is 7.17. The number of aromatic amines is 2. The molecule has 6 N–H and O–H groups in total. The van der Waals surface area contributed by atoms with E-state index >= 15 is 0 Å². The number of hydrogen-bond donors (Lipinski definition) is 6. The molecule has 2 aliphatic rings. The molecule has 0 saturated heterocycles. The van der Waals surface area contributed by atoms with Crippen molar-refractivity contribution in [2.75, 3.05) is 7.11 Å². The Balaban J connectivity index is 1.59. The number of aromatic carboxylic acids is 4. The molecule has 7 rings (SSSR count). The van der Waals surface area contributed by atoms with Gasteiger partial charge in [0.2, 0.25) is 0 Å². The van der Waals surface area contributed by atoms with Crippen LogP contribution in [0.3, 0.4) is 0 Å². The zero-order valence-corrected chi connectivity index (χ0v) is 30.0. The summed E-state index contributed by atoms with van der Waals surface area (Å²) in [6.45, 7) is 8.13. The number of methoxy groups -OCH3 is 1. The van der Waals surface area contributed by atoms with Gasteiger partial charge in [0.25, 0.3) is 0 Å². The zero-order valence-electron chi connectivity index (χ0n) is 30.0. The minimum absolute atomic E-state index is 0.162. The van der Waals surface area contributed by atoms with Crippen LogP contribution in [-0.2, 0) is 23.7 Å². The number of hydrogen-bond acceptors (Lipinski definition) is 7. The molecule has 2 aliphatic heterocycles. The summed E-state index contributed by atoms with van der Waals surface area (Å²) in [6.07, 6.45) is 0.995. The Morgan fingerprint density at radius 3 is 1.54 bits per heavy atom. The fourth-order valence-electron chi connectivity index (χ4n) is 7.17. The molecule has 0 fully saturated rings. The number of carboxylic acids is 4. The van der Waals surface area contributed by atoms with Crippen molar-refractivity contribution < 1.29 is 44.3 Å². The molecule has 0 atom stereocenters. The second kappa shape index (κ2) is 12.7. The van der Waals surface area contributed by atoms with Crippen molar-refractivity contribution in [1.29, 1.82) is 0 Å². The molecule has 54 heavy (non-hydrogen) atoms. The molecular weight excluding hydrogens is 692 g/mol. The topological polar surface area (TPSA) is 216 Å². The molecule has 3 aromatic heterocycles. The molecule has 0 aliphatic carbocycles. The SMILES string of the molecule is COc1c2nc(cc3[nH]c(cc4nc(cc5[nH]c1cc5-c1cc(C(=O)O)cc(C(=O)O)c1)C(C)(C)C4)cc3-c1cc(C(=O)O)cc(C(=O)O)c1)C(C)(C)C2. The van der Waals surface area contributed by atoms with E-state index in [1.54, 1.807) is 6.07 Å². The molecular formula is C41H36N4O9. The van der Waals surface area contributed by atoms with Gasteiger partial charge >= 0.3 is 23.9 Å². The number of rotatable bonds is 7. The summed E-state index contributed by atoms with van der Waals surface area (Å²) in [4.78, 5) is 65.1. The molecule has 0 saturated carbocycles. The van der Waals surface area contributed by atoms with Crippen LogP contribution in [-0.4, -0.2) is 71.3 Å². The molecule has 13 nitrogen and oxygen atoms in total. The van der Waals surface area contributed by atoms with E-state index in [-0.39, 0.29) is 22.3 Å². The summed E-state index contributed by atoms with van der Waals surface area (Å²) in [5.41, 5.74) is 5.29. The number of benzene rings is 2. The quantitative estimate of drug-likeness (QED) is 0.0965. The van der Waals surface area contributed by atoms with Gasteiger partial charge in [-0.25, -0.2) is 19.2 Å². The summed E-state index contributed by atoms with van der Waals surface area (Å²) in [7, 11) is 1.52. The number of fused-ring (bicyclic) bond motifs is 8. The van der Waals surface area contributed by atoms with Gasteiger partial charge in [0.1, 0.15) is 0 Å². The van der Waals surface area contributed by atoms with Gasteiger partial charge in [-0.05, 0) is 77.9 Å². The molecule has 0 unspecified atom stereocenters. The van der Waals surface area contributed by atoms with Crippen molar-refractivity contribution in [3.63, 3.8) is 0 Å². The van der Waals surface area contributed by atoms with Gasteiger partial charge in [-0.2, -0.15) is 0 Å². The Morgan fingerprint density at radius 2 is 1.04 bits per heavy atom. The van der Waals surface area contributed by atoms with Gasteiger partial charge < -0.3 is 35.1 Å². The van der Waals surface area contributed by atoms with E-state index in [0.717, 1.165) is 17.8 Å². The predicted octanol–water partition coefficient (Wildman–Crippen LogP) is 7.49. The van der Waals surface area contributed by atoms with E-state index in [4.69, 9.17) is 14.7 Å². The van der Waals surface area contributed by atoms with E-state index < -0.39 is 34.7 Å². The van der Waals surface area contributed by atoms with Crippen molar-refractivity contribution in [2.24, 2.45) is 0 Å². The number of carbonyl (C=O) groups is 4. The monoisotopic (exact) mass is 728 g/mol. The van der Waals surface area contributed by atoms with E-state index in [1.807, 2.05) is 52.0 Å². The Morgan fingerprint density at radius 1 is 0.574 bits per heavy atom. The van der Waals surface area contributed by atoms with Crippen LogP contribution in [0.25, 0.3) is 44.3 Å². The largest absolute Gasteiger partial charge is 0.493 e. The number of nitrogens with zero attached hydrogens (tertiary/aromatic N) is 2. The smallest absolute Gasteiger partial charge is 0.335 e. The van der Waals surface area contributed by atoms with Crippen LogP contribution in [0.4, 0.5) is 0 Å². The lowest BCUT2D eigenvalue weighted by Gasteiger charge is -2.16. The lowest BCUT2D eigenvalue weighted by Crippen LogP contribution is -2.15. The van der Waals surface area contributed by atoms with Crippen LogP contribution >= 0.6 is 0 Å². The number of aromatic nitrogens is 4. The van der Waals surface area contributed by atoms with E-state index in [9.17, 15) is 39.6 Å². The Kier molecular flexibility index (Phi) is 8.40. The maximum Gasteiger partial charge on any atom is 0.335 e. The van der Waals surface area contributed by atoms with Gasteiger partial charge in [-0.3, -0.25) is 9.97 Å². The average Bonchev–Trinajstić information content (AvgIpc) is 3.84. The second-order valence-corrected chi connectivity index (χ2v) is 14.9. The third-order valence-corrected chi connectivity index (χ3v) is 9.93. The number of ether oxygens (including phenoxy) is 1. The molecule has 5 heterocycles. The first-order valence-corrected chi connectivity index (χ1v) is 17.0. The van der Waals surface area contributed by atoms with Gasteiger partial charge in [0, 0.05) is 68.4 Å². The summed E-state index contributed by atoms with van der Waals surface area (Å²) in [6, 6.07) is 17.3. The third kappa shape index (κ3) is 6.44. The first-order chi connectivity index (χ1) is 25.4. The molecule has 13 heteroatoms. The molecule has 0 amide bonds. The highest BCUT2D eigenvalue weighted by atomic mass is 16.5. The third-order valence-electron chi connectivity index (χ3n) is 9.93.